The van der Waals surface area contributed by atoms with Gasteiger partial charge in [-0.1, -0.05) is 0 Å². The van der Waals surface area contributed by atoms with E-state index in [9.17, 15) is 16.8 Å². The summed E-state index contributed by atoms with van der Waals surface area (Å²) in [5.74, 6) is 0.458. The highest BCUT2D eigenvalue weighted by Gasteiger charge is 2.28. The van der Waals surface area contributed by atoms with Crippen molar-refractivity contribution in [1.29, 1.82) is 0 Å². The zero-order chi connectivity index (χ0) is 15.5. The van der Waals surface area contributed by atoms with Crippen molar-refractivity contribution < 1.29 is 16.8 Å². The van der Waals surface area contributed by atoms with E-state index < -0.39 is 25.9 Å². The van der Waals surface area contributed by atoms with Gasteiger partial charge >= 0.3 is 0 Å². The van der Waals surface area contributed by atoms with Crippen LogP contribution in [0, 0.1) is 0 Å². The normalized spacial score (nSPS) is 21.9. The molecule has 9 heteroatoms. The standard InChI is InChI=1S/C12H19N3O4S2/c1-2-13-12-8-11(5-6-14-12)21(18,19)15-10-4-3-7-20(16,17)9-10/h5-6,8,10,15H,2-4,7,9H2,1H3,(H,13,14). The number of pyridine rings is 1. The van der Waals surface area contributed by atoms with Gasteiger partial charge in [0.25, 0.3) is 0 Å². The van der Waals surface area contributed by atoms with Crippen LogP contribution in [0.2, 0.25) is 0 Å². The van der Waals surface area contributed by atoms with Crippen molar-refractivity contribution in [3.63, 3.8) is 0 Å². The number of sulfone groups is 1. The maximum absolute atomic E-state index is 12.3. The summed E-state index contributed by atoms with van der Waals surface area (Å²) >= 11 is 0. The zero-order valence-electron chi connectivity index (χ0n) is 11.7. The molecular formula is C12H19N3O4S2. The van der Waals surface area contributed by atoms with Gasteiger partial charge in [-0.3, -0.25) is 0 Å². The lowest BCUT2D eigenvalue weighted by molar-refractivity contribution is 0.517. The molecule has 1 atom stereocenters. The molecule has 2 heterocycles. The summed E-state index contributed by atoms with van der Waals surface area (Å²) in [6.07, 6.45) is 2.42. The Morgan fingerprint density at radius 2 is 2.19 bits per heavy atom. The highest BCUT2D eigenvalue weighted by molar-refractivity contribution is 7.91. The first-order valence-corrected chi connectivity index (χ1v) is 10.1. The van der Waals surface area contributed by atoms with Crippen LogP contribution in [-0.4, -0.2) is 45.9 Å². The minimum absolute atomic E-state index is 0.0800. The van der Waals surface area contributed by atoms with Crippen molar-refractivity contribution in [2.24, 2.45) is 0 Å². The van der Waals surface area contributed by atoms with Crippen LogP contribution < -0.4 is 10.0 Å². The van der Waals surface area contributed by atoms with Crippen LogP contribution in [-0.2, 0) is 19.9 Å². The van der Waals surface area contributed by atoms with Gasteiger partial charge in [-0.05, 0) is 25.8 Å². The number of nitrogens with one attached hydrogen (secondary N) is 2. The Labute approximate surface area is 125 Å². The molecule has 0 spiro atoms. The van der Waals surface area contributed by atoms with Gasteiger partial charge in [-0.25, -0.2) is 26.5 Å². The number of hydrogen-bond acceptors (Lipinski definition) is 6. The number of rotatable bonds is 5. The topological polar surface area (TPSA) is 105 Å². The van der Waals surface area contributed by atoms with E-state index >= 15 is 0 Å². The number of nitrogens with zero attached hydrogens (tertiary/aromatic N) is 1. The maximum Gasteiger partial charge on any atom is 0.241 e. The average molecular weight is 333 g/mol. The number of aromatic nitrogens is 1. The highest BCUT2D eigenvalue weighted by atomic mass is 32.2. The van der Waals surface area contributed by atoms with E-state index in [-0.39, 0.29) is 16.4 Å². The van der Waals surface area contributed by atoms with Crippen LogP contribution in [0.1, 0.15) is 19.8 Å². The van der Waals surface area contributed by atoms with E-state index in [1.54, 1.807) is 0 Å². The molecular weight excluding hydrogens is 314 g/mol. The Morgan fingerprint density at radius 1 is 1.43 bits per heavy atom. The first kappa shape index (κ1) is 16.2. The number of anilines is 1. The van der Waals surface area contributed by atoms with Gasteiger partial charge in [0.2, 0.25) is 10.0 Å². The first-order chi connectivity index (χ1) is 9.82. The van der Waals surface area contributed by atoms with Gasteiger partial charge in [-0.15, -0.1) is 0 Å². The van der Waals surface area contributed by atoms with Crippen LogP contribution in [0.25, 0.3) is 0 Å². The highest BCUT2D eigenvalue weighted by Crippen LogP contribution is 2.17. The molecule has 0 radical (unpaired) electrons. The molecule has 1 aliphatic rings. The summed E-state index contributed by atoms with van der Waals surface area (Å²) in [7, 11) is -6.90. The third-order valence-electron chi connectivity index (χ3n) is 3.18. The van der Waals surface area contributed by atoms with Crippen LogP contribution in [0.4, 0.5) is 5.82 Å². The second kappa shape index (κ2) is 6.29. The Hall–Kier alpha value is -1.19. The van der Waals surface area contributed by atoms with Gasteiger partial charge in [0.15, 0.2) is 9.84 Å². The van der Waals surface area contributed by atoms with Crippen molar-refractivity contribution in [3.8, 4) is 0 Å². The molecule has 2 N–H and O–H groups in total. The fourth-order valence-electron chi connectivity index (χ4n) is 2.26. The average Bonchev–Trinajstić information content (AvgIpc) is 2.37. The maximum atomic E-state index is 12.3. The fraction of sp³-hybridized carbons (Fsp3) is 0.583. The molecule has 0 aromatic carbocycles. The molecule has 118 valence electrons. The van der Waals surface area contributed by atoms with Crippen molar-refractivity contribution in [1.82, 2.24) is 9.71 Å². The third kappa shape index (κ3) is 4.39. The minimum atomic E-state index is -3.75. The molecule has 1 saturated heterocycles. The molecule has 0 aliphatic carbocycles. The van der Waals surface area contributed by atoms with Crippen LogP contribution in [0.15, 0.2) is 23.2 Å². The Kier molecular flexibility index (Phi) is 4.84. The summed E-state index contributed by atoms with van der Waals surface area (Å²) in [5.41, 5.74) is 0. The van der Waals surface area contributed by atoms with Crippen molar-refractivity contribution in [2.75, 3.05) is 23.4 Å². The summed E-state index contributed by atoms with van der Waals surface area (Å²) in [4.78, 5) is 4.09. The van der Waals surface area contributed by atoms with Gasteiger partial charge < -0.3 is 5.32 Å². The van der Waals surface area contributed by atoms with E-state index in [2.05, 4.69) is 15.0 Å². The van der Waals surface area contributed by atoms with Gasteiger partial charge in [0.1, 0.15) is 5.82 Å². The fourth-order valence-corrected chi connectivity index (χ4v) is 5.28. The van der Waals surface area contributed by atoms with E-state index in [4.69, 9.17) is 0 Å². The molecule has 0 amide bonds. The van der Waals surface area contributed by atoms with Gasteiger partial charge in [-0.2, -0.15) is 0 Å². The van der Waals surface area contributed by atoms with Crippen molar-refractivity contribution in [3.05, 3.63) is 18.3 Å². The lowest BCUT2D eigenvalue weighted by Crippen LogP contribution is -2.43. The second-order valence-corrected chi connectivity index (χ2v) is 8.92. The van der Waals surface area contributed by atoms with Crippen LogP contribution >= 0.6 is 0 Å². The predicted octanol–water partition coefficient (Wildman–Crippen LogP) is 0.369. The van der Waals surface area contributed by atoms with Crippen molar-refractivity contribution in [2.45, 2.75) is 30.7 Å². The van der Waals surface area contributed by atoms with E-state index in [0.29, 0.717) is 25.2 Å². The van der Waals surface area contributed by atoms with E-state index in [0.717, 1.165) is 0 Å². The summed E-state index contributed by atoms with van der Waals surface area (Å²) in [6.45, 7) is 2.51. The minimum Gasteiger partial charge on any atom is -0.370 e. The molecule has 1 fully saturated rings. The summed E-state index contributed by atoms with van der Waals surface area (Å²) in [5, 5.41) is 2.94. The molecule has 7 nitrogen and oxygen atoms in total. The number of sulfonamides is 1. The molecule has 1 aromatic heterocycles. The Morgan fingerprint density at radius 3 is 2.86 bits per heavy atom. The Bertz CT molecular complexity index is 701. The molecule has 0 bridgehead atoms. The van der Waals surface area contributed by atoms with Crippen LogP contribution in [0.3, 0.4) is 0 Å². The van der Waals surface area contributed by atoms with Gasteiger partial charge in [0, 0.05) is 24.8 Å². The lowest BCUT2D eigenvalue weighted by atomic mass is 10.2. The smallest absolute Gasteiger partial charge is 0.241 e. The summed E-state index contributed by atoms with van der Waals surface area (Å²) < 4.78 is 50.2. The SMILES string of the molecule is CCNc1cc(S(=O)(=O)NC2CCCS(=O)(=O)C2)ccn1. The summed E-state index contributed by atoms with van der Waals surface area (Å²) in [6, 6.07) is 2.26. The molecule has 1 unspecified atom stereocenters. The third-order valence-corrected chi connectivity index (χ3v) is 6.52. The van der Waals surface area contributed by atoms with E-state index in [1.807, 2.05) is 6.92 Å². The predicted molar refractivity (Wildman–Crippen MR) is 80.4 cm³/mol. The van der Waals surface area contributed by atoms with Crippen LogP contribution in [0.5, 0.6) is 0 Å². The second-order valence-electron chi connectivity index (χ2n) is 4.98. The molecule has 0 saturated carbocycles. The van der Waals surface area contributed by atoms with E-state index in [1.165, 1.54) is 18.3 Å². The Balaban J connectivity index is 2.16. The first-order valence-electron chi connectivity index (χ1n) is 6.75. The molecule has 1 aliphatic heterocycles. The largest absolute Gasteiger partial charge is 0.370 e. The van der Waals surface area contributed by atoms with Crippen molar-refractivity contribution >= 4 is 25.7 Å². The molecule has 1 aromatic rings. The zero-order valence-corrected chi connectivity index (χ0v) is 13.4. The monoisotopic (exact) mass is 333 g/mol. The molecule has 21 heavy (non-hydrogen) atoms. The lowest BCUT2D eigenvalue weighted by Gasteiger charge is -2.22. The quantitative estimate of drug-likeness (QED) is 0.806. The molecule has 2 rings (SSSR count). The van der Waals surface area contributed by atoms with Gasteiger partial charge in [0.05, 0.1) is 16.4 Å². The number of hydrogen-bond donors (Lipinski definition) is 2.